The second-order valence-corrected chi connectivity index (χ2v) is 9.91. The van der Waals surface area contributed by atoms with Gasteiger partial charge in [-0.2, -0.15) is 5.10 Å². The molecule has 0 spiro atoms. The first kappa shape index (κ1) is 27.2. The smallest absolute Gasteiger partial charge is 0.250 e. The van der Waals surface area contributed by atoms with E-state index in [1.807, 2.05) is 83.4 Å². The van der Waals surface area contributed by atoms with Crippen LogP contribution >= 0.6 is 27.7 Å². The molecule has 194 valence electrons. The molecule has 0 saturated carbocycles. The lowest BCUT2D eigenvalue weighted by atomic mass is 10.2. The average Bonchev–Trinajstić information content (AvgIpc) is 3.33. The fourth-order valence-corrected chi connectivity index (χ4v) is 4.43. The maximum atomic E-state index is 12.4. The van der Waals surface area contributed by atoms with E-state index in [0.717, 1.165) is 27.1 Å². The van der Waals surface area contributed by atoms with Crippen molar-refractivity contribution in [2.24, 2.45) is 5.10 Å². The SMILES string of the molecule is C=CCn1c(CNc2ccccc2)nnc1SCC(=O)NN=Cc1ccccc1OCc1ccc(Br)cc1. The largest absolute Gasteiger partial charge is 0.488 e. The molecule has 2 N–H and O–H groups in total. The third-order valence-electron chi connectivity index (χ3n) is 5.28. The number of hydrazone groups is 1. The molecule has 38 heavy (non-hydrogen) atoms. The van der Waals surface area contributed by atoms with Crippen LogP contribution in [0.1, 0.15) is 17.0 Å². The number of carbonyl (C=O) groups excluding carboxylic acids is 1. The van der Waals surface area contributed by atoms with Crippen LogP contribution in [0.25, 0.3) is 0 Å². The van der Waals surface area contributed by atoms with Crippen LogP contribution in [0.2, 0.25) is 0 Å². The Morgan fingerprint density at radius 2 is 1.82 bits per heavy atom. The first-order valence-corrected chi connectivity index (χ1v) is 13.6. The van der Waals surface area contributed by atoms with Crippen molar-refractivity contribution in [1.29, 1.82) is 0 Å². The van der Waals surface area contributed by atoms with Gasteiger partial charge in [0.25, 0.3) is 5.91 Å². The summed E-state index contributed by atoms with van der Waals surface area (Å²) in [7, 11) is 0. The Kier molecular flexibility index (Phi) is 10.1. The molecule has 1 heterocycles. The van der Waals surface area contributed by atoms with Gasteiger partial charge in [-0.15, -0.1) is 16.8 Å². The molecule has 0 fully saturated rings. The number of ether oxygens (including phenoxy) is 1. The number of hydrogen-bond donors (Lipinski definition) is 2. The van der Waals surface area contributed by atoms with Crippen LogP contribution in [0.15, 0.2) is 106 Å². The van der Waals surface area contributed by atoms with Gasteiger partial charge in [0.15, 0.2) is 11.0 Å². The molecular weight excluding hydrogens is 564 g/mol. The molecule has 0 unspecified atom stereocenters. The number of amides is 1. The highest BCUT2D eigenvalue weighted by Gasteiger charge is 2.13. The number of benzene rings is 3. The van der Waals surface area contributed by atoms with Gasteiger partial charge in [0.05, 0.1) is 18.5 Å². The molecule has 0 aliphatic carbocycles. The normalized spacial score (nSPS) is 10.9. The van der Waals surface area contributed by atoms with E-state index >= 15 is 0 Å². The number of nitrogens with one attached hydrogen (secondary N) is 2. The lowest BCUT2D eigenvalue weighted by Crippen LogP contribution is -2.20. The van der Waals surface area contributed by atoms with Crippen LogP contribution in [0.5, 0.6) is 5.75 Å². The first-order chi connectivity index (χ1) is 18.6. The standard InChI is InChI=1S/C28H27BrN6O2S/c1-2-16-35-26(18-30-24-9-4-3-5-10-24)32-34-28(35)38-20-27(36)33-31-17-22-8-6-7-11-25(22)37-19-21-12-14-23(29)15-13-21/h2-15,17,30H,1,16,18-20H2,(H,33,36). The lowest BCUT2D eigenvalue weighted by molar-refractivity contribution is -0.118. The van der Waals surface area contributed by atoms with E-state index in [1.165, 1.54) is 11.8 Å². The quantitative estimate of drug-likeness (QED) is 0.0903. The van der Waals surface area contributed by atoms with Crippen LogP contribution in [0, 0.1) is 0 Å². The molecule has 0 bridgehead atoms. The number of hydrogen-bond acceptors (Lipinski definition) is 7. The van der Waals surface area contributed by atoms with Crippen molar-refractivity contribution in [3.8, 4) is 5.75 Å². The summed E-state index contributed by atoms with van der Waals surface area (Å²) in [5.74, 6) is 1.32. The van der Waals surface area contributed by atoms with Gasteiger partial charge in [-0.05, 0) is 42.0 Å². The van der Waals surface area contributed by atoms with E-state index in [1.54, 1.807) is 12.3 Å². The van der Waals surface area contributed by atoms with Crippen LogP contribution in [-0.4, -0.2) is 32.6 Å². The summed E-state index contributed by atoms with van der Waals surface area (Å²) in [6.45, 7) is 5.30. The summed E-state index contributed by atoms with van der Waals surface area (Å²) in [5.41, 5.74) is 5.38. The fraction of sp³-hybridized carbons (Fsp3) is 0.143. The Morgan fingerprint density at radius 3 is 2.61 bits per heavy atom. The van der Waals surface area contributed by atoms with Crippen LogP contribution < -0.4 is 15.5 Å². The molecule has 0 radical (unpaired) electrons. The molecule has 1 amide bonds. The highest BCUT2D eigenvalue weighted by atomic mass is 79.9. The second-order valence-electron chi connectivity index (χ2n) is 8.05. The molecule has 4 rings (SSSR count). The number of thioether (sulfide) groups is 1. The molecule has 8 nitrogen and oxygen atoms in total. The number of rotatable bonds is 13. The van der Waals surface area contributed by atoms with Gasteiger partial charge in [-0.1, -0.05) is 76.2 Å². The summed E-state index contributed by atoms with van der Waals surface area (Å²) >= 11 is 4.73. The second kappa shape index (κ2) is 14.2. The highest BCUT2D eigenvalue weighted by molar-refractivity contribution is 9.10. The monoisotopic (exact) mass is 590 g/mol. The summed E-state index contributed by atoms with van der Waals surface area (Å²) < 4.78 is 8.91. The number of halogens is 1. The molecule has 4 aromatic rings. The maximum Gasteiger partial charge on any atom is 0.250 e. The molecule has 0 saturated heterocycles. The molecule has 1 aromatic heterocycles. The molecular formula is C28H27BrN6O2S. The average molecular weight is 592 g/mol. The third-order valence-corrected chi connectivity index (χ3v) is 6.78. The lowest BCUT2D eigenvalue weighted by Gasteiger charge is -2.09. The number of aromatic nitrogens is 3. The van der Waals surface area contributed by atoms with Gasteiger partial charge in [0.1, 0.15) is 12.4 Å². The molecule has 10 heteroatoms. The Morgan fingerprint density at radius 1 is 1.05 bits per heavy atom. The molecule has 0 aliphatic heterocycles. The van der Waals surface area contributed by atoms with Crippen LogP contribution in [0.3, 0.4) is 0 Å². The molecule has 0 atom stereocenters. The van der Waals surface area contributed by atoms with E-state index in [9.17, 15) is 4.79 Å². The zero-order valence-corrected chi connectivity index (χ0v) is 23.0. The highest BCUT2D eigenvalue weighted by Crippen LogP contribution is 2.20. The zero-order valence-electron chi connectivity index (χ0n) is 20.6. The van der Waals surface area contributed by atoms with Gasteiger partial charge in [-0.25, -0.2) is 5.43 Å². The molecule has 3 aromatic carbocycles. The Balaban J connectivity index is 1.29. The fourth-order valence-electron chi connectivity index (χ4n) is 3.40. The van der Waals surface area contributed by atoms with E-state index in [-0.39, 0.29) is 11.7 Å². The third kappa shape index (κ3) is 8.06. The number of nitrogens with zero attached hydrogens (tertiary/aromatic N) is 4. The van der Waals surface area contributed by atoms with Crippen molar-refractivity contribution in [3.63, 3.8) is 0 Å². The number of anilines is 1. The Labute approximate surface area is 234 Å². The van der Waals surface area contributed by atoms with E-state index in [4.69, 9.17) is 4.74 Å². The minimum Gasteiger partial charge on any atom is -0.488 e. The number of carbonyl (C=O) groups is 1. The zero-order chi connectivity index (χ0) is 26.6. The number of para-hydroxylation sites is 2. The summed E-state index contributed by atoms with van der Waals surface area (Å²) in [4.78, 5) is 12.4. The van der Waals surface area contributed by atoms with Crippen molar-refractivity contribution < 1.29 is 9.53 Å². The van der Waals surface area contributed by atoms with Gasteiger partial charge < -0.3 is 14.6 Å². The van der Waals surface area contributed by atoms with Crippen molar-refractivity contribution >= 4 is 45.5 Å². The van der Waals surface area contributed by atoms with E-state index in [2.05, 4.69) is 48.6 Å². The maximum absolute atomic E-state index is 12.4. The number of allylic oxidation sites excluding steroid dienone is 1. The summed E-state index contributed by atoms with van der Waals surface area (Å²) in [6, 6.07) is 25.4. The minimum absolute atomic E-state index is 0.139. The topological polar surface area (TPSA) is 93.4 Å². The van der Waals surface area contributed by atoms with Crippen molar-refractivity contribution in [1.82, 2.24) is 20.2 Å². The molecule has 0 aliphatic rings. The predicted molar refractivity (Wildman–Crippen MR) is 155 cm³/mol. The summed E-state index contributed by atoms with van der Waals surface area (Å²) in [5, 5.41) is 16.6. The Hall–Kier alpha value is -3.89. The van der Waals surface area contributed by atoms with E-state index in [0.29, 0.717) is 30.6 Å². The minimum atomic E-state index is -0.253. The predicted octanol–water partition coefficient (Wildman–Crippen LogP) is 5.66. The van der Waals surface area contributed by atoms with Gasteiger partial charge in [0.2, 0.25) is 0 Å². The van der Waals surface area contributed by atoms with Crippen molar-refractivity contribution in [2.45, 2.75) is 24.9 Å². The van der Waals surface area contributed by atoms with Crippen molar-refractivity contribution in [3.05, 3.63) is 113 Å². The van der Waals surface area contributed by atoms with E-state index < -0.39 is 0 Å². The van der Waals surface area contributed by atoms with Gasteiger partial charge in [-0.3, -0.25) is 4.79 Å². The summed E-state index contributed by atoms with van der Waals surface area (Å²) in [6.07, 6.45) is 3.35. The van der Waals surface area contributed by atoms with Crippen LogP contribution in [-0.2, 0) is 24.5 Å². The van der Waals surface area contributed by atoms with Crippen molar-refractivity contribution in [2.75, 3.05) is 11.1 Å². The van der Waals surface area contributed by atoms with Gasteiger partial charge >= 0.3 is 0 Å². The first-order valence-electron chi connectivity index (χ1n) is 11.8. The Bertz CT molecular complexity index is 1380. The van der Waals surface area contributed by atoms with Gasteiger partial charge in [0, 0.05) is 22.3 Å². The van der Waals surface area contributed by atoms with Crippen LogP contribution in [0.4, 0.5) is 5.69 Å².